The van der Waals surface area contributed by atoms with Crippen LogP contribution in [0.4, 0.5) is 0 Å². The zero-order chi connectivity index (χ0) is 11.5. The van der Waals surface area contributed by atoms with Crippen molar-refractivity contribution in [2.75, 3.05) is 0 Å². The number of rotatable bonds is 3. The Labute approximate surface area is 106 Å². The first kappa shape index (κ1) is 11.4. The minimum Gasteiger partial charge on any atom is -0.467 e. The lowest BCUT2D eigenvalue weighted by molar-refractivity contribution is 0.0939. The normalized spacial score (nSPS) is 12.4. The van der Waals surface area contributed by atoms with Crippen LogP contribution in [0.25, 0.3) is 0 Å². The summed E-state index contributed by atoms with van der Waals surface area (Å²) in [5, 5.41) is 2.87. The molecule has 2 aromatic heterocycles. The minimum atomic E-state index is -0.122. The summed E-state index contributed by atoms with van der Waals surface area (Å²) < 4.78 is 6.16. The molecule has 1 N–H and O–H groups in total. The Morgan fingerprint density at radius 2 is 2.31 bits per heavy atom. The fraction of sp³-hybridized carbons (Fsp3) is 0.182. The van der Waals surface area contributed by atoms with Gasteiger partial charge in [0.1, 0.15) is 5.76 Å². The number of hydrogen-bond acceptors (Lipinski definition) is 3. The molecule has 0 radical (unpaired) electrons. The molecule has 0 spiro atoms. The highest BCUT2D eigenvalue weighted by atomic mass is 79.9. The molecular weight excluding hydrogens is 290 g/mol. The number of amides is 1. The van der Waals surface area contributed by atoms with E-state index in [0.717, 1.165) is 9.55 Å². The first-order valence-electron chi connectivity index (χ1n) is 4.76. The molecular formula is C11H10BrNO2S. The maximum absolute atomic E-state index is 11.8. The predicted molar refractivity (Wildman–Crippen MR) is 66.6 cm³/mol. The van der Waals surface area contributed by atoms with E-state index in [1.54, 1.807) is 18.4 Å². The number of thiophene rings is 1. The lowest BCUT2D eigenvalue weighted by Gasteiger charge is -2.09. The molecule has 1 unspecified atom stereocenters. The standard InChI is InChI=1S/C11H10BrNO2S/c1-7(8-3-2-6-15-8)13-11(14)9-4-5-10(12)16-9/h2-7H,1H3,(H,13,14). The Hall–Kier alpha value is -1.07. The Kier molecular flexibility index (Phi) is 3.46. The third-order valence-corrected chi connectivity index (χ3v) is 3.74. The van der Waals surface area contributed by atoms with Crippen LogP contribution >= 0.6 is 27.3 Å². The van der Waals surface area contributed by atoms with E-state index in [2.05, 4.69) is 21.2 Å². The Bertz CT molecular complexity index is 478. The van der Waals surface area contributed by atoms with Gasteiger partial charge in [-0.25, -0.2) is 0 Å². The highest BCUT2D eigenvalue weighted by Crippen LogP contribution is 2.22. The zero-order valence-electron chi connectivity index (χ0n) is 8.57. The second kappa shape index (κ2) is 4.84. The van der Waals surface area contributed by atoms with Gasteiger partial charge in [-0.1, -0.05) is 0 Å². The molecule has 5 heteroatoms. The molecule has 0 aliphatic carbocycles. The highest BCUT2D eigenvalue weighted by molar-refractivity contribution is 9.11. The molecule has 1 amide bonds. The van der Waals surface area contributed by atoms with Gasteiger partial charge in [-0.15, -0.1) is 11.3 Å². The summed E-state index contributed by atoms with van der Waals surface area (Å²) in [6.45, 7) is 1.89. The van der Waals surface area contributed by atoms with Gasteiger partial charge >= 0.3 is 0 Å². The monoisotopic (exact) mass is 299 g/mol. The summed E-state index contributed by atoms with van der Waals surface area (Å²) in [4.78, 5) is 12.5. The summed E-state index contributed by atoms with van der Waals surface area (Å²) in [7, 11) is 0. The van der Waals surface area contributed by atoms with E-state index in [-0.39, 0.29) is 11.9 Å². The number of furan rings is 1. The van der Waals surface area contributed by atoms with Crippen molar-refractivity contribution in [3.8, 4) is 0 Å². The molecule has 1 atom stereocenters. The van der Waals surface area contributed by atoms with Crippen LogP contribution in [0.3, 0.4) is 0 Å². The third kappa shape index (κ3) is 2.54. The summed E-state index contributed by atoms with van der Waals surface area (Å²) in [6, 6.07) is 7.17. The average molecular weight is 300 g/mol. The van der Waals surface area contributed by atoms with Crippen LogP contribution < -0.4 is 5.32 Å². The van der Waals surface area contributed by atoms with Gasteiger partial charge < -0.3 is 9.73 Å². The molecule has 2 heterocycles. The molecule has 0 fully saturated rings. The van der Waals surface area contributed by atoms with Crippen LogP contribution in [0.1, 0.15) is 28.4 Å². The first-order valence-corrected chi connectivity index (χ1v) is 6.37. The maximum Gasteiger partial charge on any atom is 0.261 e. The third-order valence-electron chi connectivity index (χ3n) is 2.11. The first-order chi connectivity index (χ1) is 7.66. The summed E-state index contributed by atoms with van der Waals surface area (Å²) in [5.74, 6) is 0.670. The smallest absolute Gasteiger partial charge is 0.261 e. The second-order valence-corrected chi connectivity index (χ2v) is 5.78. The predicted octanol–water partition coefficient (Wildman–Crippen LogP) is 3.59. The van der Waals surface area contributed by atoms with Crippen molar-refractivity contribution in [3.05, 3.63) is 45.0 Å². The van der Waals surface area contributed by atoms with Gasteiger partial charge in [-0.2, -0.15) is 0 Å². The maximum atomic E-state index is 11.8. The van der Waals surface area contributed by atoms with Crippen molar-refractivity contribution in [1.82, 2.24) is 5.32 Å². The number of hydrogen-bond donors (Lipinski definition) is 1. The molecule has 0 bridgehead atoms. The number of carbonyl (C=O) groups excluding carboxylic acids is 1. The Morgan fingerprint density at radius 3 is 2.88 bits per heavy atom. The van der Waals surface area contributed by atoms with Crippen molar-refractivity contribution in [1.29, 1.82) is 0 Å². The molecule has 0 saturated heterocycles. The lowest BCUT2D eigenvalue weighted by atomic mass is 10.2. The summed E-state index contributed by atoms with van der Waals surface area (Å²) in [5.41, 5.74) is 0. The molecule has 0 aliphatic heterocycles. The Morgan fingerprint density at radius 1 is 1.50 bits per heavy atom. The van der Waals surface area contributed by atoms with E-state index in [9.17, 15) is 4.79 Å². The number of nitrogens with one attached hydrogen (secondary N) is 1. The molecule has 2 rings (SSSR count). The summed E-state index contributed by atoms with van der Waals surface area (Å²) in [6.07, 6.45) is 1.60. The van der Waals surface area contributed by atoms with E-state index in [0.29, 0.717) is 4.88 Å². The topological polar surface area (TPSA) is 42.2 Å². The fourth-order valence-electron chi connectivity index (χ4n) is 1.31. The van der Waals surface area contributed by atoms with Gasteiger partial charge in [-0.3, -0.25) is 4.79 Å². The van der Waals surface area contributed by atoms with Crippen molar-refractivity contribution in [2.24, 2.45) is 0 Å². The van der Waals surface area contributed by atoms with Gasteiger partial charge in [0.2, 0.25) is 0 Å². The zero-order valence-corrected chi connectivity index (χ0v) is 11.0. The SMILES string of the molecule is CC(NC(=O)c1ccc(Br)s1)c1ccco1. The van der Waals surface area contributed by atoms with Crippen LogP contribution in [0.5, 0.6) is 0 Å². The summed E-state index contributed by atoms with van der Waals surface area (Å²) >= 11 is 4.73. The largest absolute Gasteiger partial charge is 0.467 e. The molecule has 0 aliphatic rings. The van der Waals surface area contributed by atoms with Gasteiger partial charge in [0.05, 0.1) is 21.0 Å². The molecule has 0 saturated carbocycles. The van der Waals surface area contributed by atoms with Crippen LogP contribution in [0.2, 0.25) is 0 Å². The van der Waals surface area contributed by atoms with E-state index in [1.807, 2.05) is 19.1 Å². The van der Waals surface area contributed by atoms with E-state index >= 15 is 0 Å². The van der Waals surface area contributed by atoms with Gasteiger partial charge in [-0.05, 0) is 47.1 Å². The minimum absolute atomic E-state index is 0.0837. The van der Waals surface area contributed by atoms with E-state index in [4.69, 9.17) is 4.42 Å². The van der Waals surface area contributed by atoms with Gasteiger partial charge in [0.15, 0.2) is 0 Å². The van der Waals surface area contributed by atoms with Crippen LogP contribution in [0.15, 0.2) is 38.7 Å². The molecule has 2 aromatic rings. The van der Waals surface area contributed by atoms with Crippen LogP contribution in [-0.4, -0.2) is 5.91 Å². The van der Waals surface area contributed by atoms with Crippen LogP contribution in [0, 0.1) is 0 Å². The number of carbonyl (C=O) groups is 1. The van der Waals surface area contributed by atoms with E-state index < -0.39 is 0 Å². The molecule has 84 valence electrons. The quantitative estimate of drug-likeness (QED) is 0.941. The van der Waals surface area contributed by atoms with Crippen molar-refractivity contribution in [3.63, 3.8) is 0 Å². The van der Waals surface area contributed by atoms with Crippen molar-refractivity contribution >= 4 is 33.2 Å². The van der Waals surface area contributed by atoms with Crippen molar-refractivity contribution < 1.29 is 9.21 Å². The van der Waals surface area contributed by atoms with Gasteiger partial charge in [0, 0.05) is 0 Å². The van der Waals surface area contributed by atoms with Crippen molar-refractivity contribution in [2.45, 2.75) is 13.0 Å². The molecule has 16 heavy (non-hydrogen) atoms. The average Bonchev–Trinajstić information content (AvgIpc) is 2.87. The molecule has 0 aromatic carbocycles. The van der Waals surface area contributed by atoms with Crippen LogP contribution in [-0.2, 0) is 0 Å². The Balaban J connectivity index is 2.03. The lowest BCUT2D eigenvalue weighted by Crippen LogP contribution is -2.25. The fourth-order valence-corrected chi connectivity index (χ4v) is 2.60. The van der Waals surface area contributed by atoms with Gasteiger partial charge in [0.25, 0.3) is 5.91 Å². The molecule has 3 nitrogen and oxygen atoms in total. The second-order valence-electron chi connectivity index (χ2n) is 3.31. The van der Waals surface area contributed by atoms with E-state index in [1.165, 1.54) is 11.3 Å². The highest BCUT2D eigenvalue weighted by Gasteiger charge is 2.14. The number of halogens is 1.